The van der Waals surface area contributed by atoms with Crippen molar-refractivity contribution in [2.75, 3.05) is 26.2 Å². The van der Waals surface area contributed by atoms with Crippen molar-refractivity contribution >= 4 is 43.8 Å². The molecule has 2 aliphatic rings. The second-order valence-electron chi connectivity index (χ2n) is 9.53. The number of phenolic OH excluding ortho intramolecular Hbond substituents is 4. The Hall–Kier alpha value is -1.53. The number of likely N-dealkylation sites (tertiary alicyclic amines) is 2. The Labute approximate surface area is 240 Å². The maximum Gasteiger partial charge on any atom is 0.183 e. The average molecular weight is 666 g/mol. The topological polar surface area (TPSA) is 122 Å². The van der Waals surface area contributed by atoms with Crippen molar-refractivity contribution in [2.24, 2.45) is 0 Å². The number of hydrogen-bond acceptors (Lipinski definition) is 8. The molecule has 2 atom stereocenters. The molecule has 0 radical (unpaired) electrons. The number of nitrogens with zero attached hydrogens (tertiary/aromatic N) is 2. The van der Waals surface area contributed by atoms with Crippen LogP contribution >= 0.6 is 34.0 Å². The van der Waals surface area contributed by atoms with Gasteiger partial charge in [-0.15, -0.1) is 34.0 Å². The zero-order valence-corrected chi connectivity index (χ0v) is 25.5. The fourth-order valence-electron chi connectivity index (χ4n) is 5.22. The minimum atomic E-state index is -3.71. The SMILES string of the molecule is Br.Br.CCc1c(CC(N2CCC2)S(=O)(=O)C(Cc2ccc(O)c(O)c2CC)N2CCC2)ccc(O)c1O. The van der Waals surface area contributed by atoms with E-state index in [-0.39, 0.29) is 69.8 Å². The normalized spacial score (nSPS) is 17.6. The summed E-state index contributed by atoms with van der Waals surface area (Å²) in [5.41, 5.74) is 2.59. The smallest absolute Gasteiger partial charge is 0.183 e. The van der Waals surface area contributed by atoms with Gasteiger partial charge in [0, 0.05) is 50.1 Å². The molecule has 0 amide bonds. The van der Waals surface area contributed by atoms with Crippen LogP contribution in [0.3, 0.4) is 0 Å². The van der Waals surface area contributed by atoms with Gasteiger partial charge in [0.1, 0.15) is 10.7 Å². The molecule has 37 heavy (non-hydrogen) atoms. The number of halogens is 2. The predicted molar refractivity (Wildman–Crippen MR) is 155 cm³/mol. The van der Waals surface area contributed by atoms with Crippen molar-refractivity contribution in [3.63, 3.8) is 0 Å². The highest BCUT2D eigenvalue weighted by Gasteiger charge is 2.44. The van der Waals surface area contributed by atoms with Crippen molar-refractivity contribution in [3.05, 3.63) is 46.5 Å². The van der Waals surface area contributed by atoms with E-state index < -0.39 is 20.6 Å². The van der Waals surface area contributed by atoms with Gasteiger partial charge in [-0.2, -0.15) is 0 Å². The number of rotatable bonds is 10. The highest BCUT2D eigenvalue weighted by atomic mass is 79.9. The lowest BCUT2D eigenvalue weighted by Gasteiger charge is -2.44. The Balaban J connectivity index is 0.00000241. The molecule has 2 aromatic rings. The average Bonchev–Trinajstić information content (AvgIpc) is 2.75. The van der Waals surface area contributed by atoms with Gasteiger partial charge in [-0.25, -0.2) is 8.42 Å². The van der Waals surface area contributed by atoms with E-state index in [1.54, 1.807) is 12.1 Å². The summed E-state index contributed by atoms with van der Waals surface area (Å²) >= 11 is 0. The molecule has 0 aliphatic carbocycles. The van der Waals surface area contributed by atoms with E-state index in [1.807, 2.05) is 23.6 Å². The molecular formula is C26H38Br2N2O6S. The van der Waals surface area contributed by atoms with Crippen molar-refractivity contribution < 1.29 is 28.8 Å². The Morgan fingerprint density at radius 3 is 1.32 bits per heavy atom. The second kappa shape index (κ2) is 13.0. The molecule has 0 spiro atoms. The van der Waals surface area contributed by atoms with E-state index in [1.165, 1.54) is 12.1 Å². The van der Waals surface area contributed by atoms with Gasteiger partial charge in [0.05, 0.1) is 0 Å². The van der Waals surface area contributed by atoms with Crippen LogP contribution in [0.4, 0.5) is 0 Å². The monoisotopic (exact) mass is 664 g/mol. The Bertz CT molecular complexity index is 1100. The van der Waals surface area contributed by atoms with Crippen LogP contribution in [0.15, 0.2) is 24.3 Å². The number of hydrogen-bond donors (Lipinski definition) is 4. The summed E-state index contributed by atoms with van der Waals surface area (Å²) in [6.45, 7) is 6.53. The molecule has 4 rings (SSSR count). The molecule has 2 saturated heterocycles. The maximum absolute atomic E-state index is 14.3. The van der Waals surface area contributed by atoms with Crippen molar-refractivity contribution in [1.82, 2.24) is 9.80 Å². The van der Waals surface area contributed by atoms with Crippen LogP contribution in [0.5, 0.6) is 23.0 Å². The third kappa shape index (κ3) is 6.21. The van der Waals surface area contributed by atoms with Crippen molar-refractivity contribution in [3.8, 4) is 23.0 Å². The molecule has 2 aliphatic heterocycles. The Kier molecular flexibility index (Phi) is 11.1. The molecule has 0 bridgehead atoms. The summed E-state index contributed by atoms with van der Waals surface area (Å²) in [5.74, 6) is -0.772. The predicted octanol–water partition coefficient (Wildman–Crippen LogP) is 4.05. The van der Waals surface area contributed by atoms with Crippen LogP contribution in [-0.2, 0) is 35.5 Å². The van der Waals surface area contributed by atoms with Gasteiger partial charge in [-0.05, 0) is 48.9 Å². The first-order chi connectivity index (χ1) is 16.7. The summed E-state index contributed by atoms with van der Waals surface area (Å²) in [4.78, 5) is 3.97. The number of phenols is 4. The number of aromatic hydroxyl groups is 4. The molecular weight excluding hydrogens is 628 g/mol. The Morgan fingerprint density at radius 2 is 1.05 bits per heavy atom. The van der Waals surface area contributed by atoms with Gasteiger partial charge < -0.3 is 20.4 Å². The van der Waals surface area contributed by atoms with Crippen LogP contribution in [0.2, 0.25) is 0 Å². The van der Waals surface area contributed by atoms with E-state index in [2.05, 4.69) is 0 Å². The lowest BCUT2D eigenvalue weighted by atomic mass is 9.99. The van der Waals surface area contributed by atoms with Crippen LogP contribution in [0, 0.1) is 0 Å². The number of benzene rings is 2. The third-order valence-electron chi connectivity index (χ3n) is 7.57. The molecule has 0 saturated carbocycles. The number of sulfone groups is 1. The first kappa shape index (κ1) is 31.7. The van der Waals surface area contributed by atoms with Gasteiger partial charge >= 0.3 is 0 Å². The molecule has 208 valence electrons. The van der Waals surface area contributed by atoms with Gasteiger partial charge in [0.15, 0.2) is 32.8 Å². The minimum absolute atomic E-state index is 0. The molecule has 11 heteroatoms. The lowest BCUT2D eigenvalue weighted by Crippen LogP contribution is -2.58. The molecule has 2 aromatic carbocycles. The van der Waals surface area contributed by atoms with Crippen molar-refractivity contribution in [1.29, 1.82) is 0 Å². The zero-order chi connectivity index (χ0) is 25.3. The highest BCUT2D eigenvalue weighted by molar-refractivity contribution is 8.93. The van der Waals surface area contributed by atoms with E-state index in [4.69, 9.17) is 0 Å². The molecule has 2 fully saturated rings. The van der Waals surface area contributed by atoms with Crippen molar-refractivity contribution in [2.45, 2.75) is 63.1 Å². The summed E-state index contributed by atoms with van der Waals surface area (Å²) in [6, 6.07) is 6.26. The molecule has 0 aromatic heterocycles. The fraction of sp³-hybridized carbons (Fsp3) is 0.538. The standard InChI is InChI=1S/C26H36N2O6S.2BrH/c1-3-19-17(7-9-21(29)25(19)31)15-23(27-11-5-12-27)35(33,34)24(28-13-6-14-28)16-18-8-10-22(30)26(32)20(18)4-2;;/h7-10,23-24,29-32H,3-6,11-16H2,1-2H3;2*1H. The van der Waals surface area contributed by atoms with E-state index >= 15 is 0 Å². The van der Waals surface area contributed by atoms with E-state index in [0.717, 1.165) is 24.0 Å². The van der Waals surface area contributed by atoms with Gasteiger partial charge in [-0.3, -0.25) is 9.80 Å². The van der Waals surface area contributed by atoms with Crippen LogP contribution in [0.1, 0.15) is 48.9 Å². The Morgan fingerprint density at radius 1 is 0.703 bits per heavy atom. The summed E-state index contributed by atoms with van der Waals surface area (Å²) in [5, 5.41) is 39.1. The van der Waals surface area contributed by atoms with Gasteiger partial charge in [0.25, 0.3) is 0 Å². The second-order valence-corrected chi connectivity index (χ2v) is 11.8. The minimum Gasteiger partial charge on any atom is -0.504 e. The highest BCUT2D eigenvalue weighted by Crippen LogP contribution is 2.37. The third-order valence-corrected chi connectivity index (χ3v) is 10.0. The lowest BCUT2D eigenvalue weighted by molar-refractivity contribution is 0.138. The van der Waals surface area contributed by atoms with Crippen LogP contribution < -0.4 is 0 Å². The molecule has 2 unspecified atom stereocenters. The van der Waals surface area contributed by atoms with Gasteiger partial charge in [-0.1, -0.05) is 26.0 Å². The summed E-state index contributed by atoms with van der Waals surface area (Å²) in [6.07, 6.45) is 3.28. The van der Waals surface area contributed by atoms with E-state index in [9.17, 15) is 28.8 Å². The van der Waals surface area contributed by atoms with Crippen LogP contribution in [0.25, 0.3) is 0 Å². The molecule has 8 nitrogen and oxygen atoms in total. The summed E-state index contributed by atoms with van der Waals surface area (Å²) < 4.78 is 28.6. The largest absolute Gasteiger partial charge is 0.504 e. The van der Waals surface area contributed by atoms with Crippen LogP contribution in [-0.4, -0.2) is 75.6 Å². The maximum atomic E-state index is 14.3. The molecule has 2 heterocycles. The molecule has 4 N–H and O–H groups in total. The quantitative estimate of drug-likeness (QED) is 0.281. The summed E-state index contributed by atoms with van der Waals surface area (Å²) in [7, 11) is -3.71. The zero-order valence-electron chi connectivity index (χ0n) is 21.3. The first-order valence-corrected chi connectivity index (χ1v) is 14.1. The van der Waals surface area contributed by atoms with E-state index in [0.29, 0.717) is 50.1 Å². The first-order valence-electron chi connectivity index (χ1n) is 12.4. The van der Waals surface area contributed by atoms with Gasteiger partial charge in [0.2, 0.25) is 0 Å². The fourth-order valence-corrected chi connectivity index (χ4v) is 7.66.